The summed E-state index contributed by atoms with van der Waals surface area (Å²) in [5.74, 6) is 0. The molecule has 0 aliphatic rings. The van der Waals surface area contributed by atoms with Crippen LogP contribution in [0.5, 0.6) is 0 Å². The molecule has 0 saturated carbocycles. The Bertz CT molecular complexity index is 1010. The van der Waals surface area contributed by atoms with Gasteiger partial charge in [0.1, 0.15) is 0 Å². The van der Waals surface area contributed by atoms with E-state index in [1.165, 1.54) is 39.0 Å². The highest BCUT2D eigenvalue weighted by atomic mass is 79.9. The highest BCUT2D eigenvalue weighted by Crippen LogP contribution is 2.36. The van der Waals surface area contributed by atoms with E-state index in [0.29, 0.717) is 0 Å². The molecule has 0 fully saturated rings. The van der Waals surface area contributed by atoms with E-state index in [4.69, 9.17) is 0 Å². The Balaban J connectivity index is 2.05. The van der Waals surface area contributed by atoms with Crippen LogP contribution in [0.4, 0.5) is 0 Å². The molecule has 4 aromatic carbocycles. The second-order valence-corrected chi connectivity index (χ2v) is 7.24. The van der Waals surface area contributed by atoms with Crippen molar-refractivity contribution in [1.82, 2.24) is 0 Å². The van der Waals surface area contributed by atoms with Crippen molar-refractivity contribution in [2.75, 3.05) is 0 Å². The highest BCUT2D eigenvalue weighted by Gasteiger charge is 2.15. The van der Waals surface area contributed by atoms with Crippen LogP contribution in [0.3, 0.4) is 0 Å². The smallest absolute Gasteiger partial charge is 0.0283 e. The molecule has 0 radical (unpaired) electrons. The summed E-state index contributed by atoms with van der Waals surface area (Å²) in [5.41, 5.74) is 8.65. The van der Waals surface area contributed by atoms with Crippen molar-refractivity contribution in [3.63, 3.8) is 0 Å². The van der Waals surface area contributed by atoms with Crippen LogP contribution in [0.1, 0.15) is 27.8 Å². The monoisotopic (exact) mass is 424 g/mol. The van der Waals surface area contributed by atoms with Gasteiger partial charge in [-0.3, -0.25) is 0 Å². The van der Waals surface area contributed by atoms with Crippen molar-refractivity contribution in [2.45, 2.75) is 5.33 Å². The third kappa shape index (κ3) is 4.00. The Morgan fingerprint density at radius 3 is 1.07 bits per heavy atom. The predicted octanol–water partition coefficient (Wildman–Crippen LogP) is 7.59. The lowest BCUT2D eigenvalue weighted by molar-refractivity contribution is 1.41. The standard InChI is InChI=1S/C27H21Br/c28-20-21-16-18-25(19-17-21)27(24-14-8-3-9-15-24)26(22-10-4-1-5-11-22)23-12-6-2-7-13-23/h1-19H,20H2. The number of hydrogen-bond donors (Lipinski definition) is 0. The van der Waals surface area contributed by atoms with Gasteiger partial charge in [0.15, 0.2) is 0 Å². The summed E-state index contributed by atoms with van der Waals surface area (Å²) >= 11 is 3.55. The Hall–Kier alpha value is -2.90. The molecule has 0 amide bonds. The Labute approximate surface area is 175 Å². The molecule has 0 bridgehead atoms. The van der Waals surface area contributed by atoms with E-state index in [1.54, 1.807) is 0 Å². The van der Waals surface area contributed by atoms with Crippen LogP contribution < -0.4 is 0 Å². The first-order valence-electron chi connectivity index (χ1n) is 9.42. The van der Waals surface area contributed by atoms with Crippen LogP contribution in [0.2, 0.25) is 0 Å². The van der Waals surface area contributed by atoms with E-state index < -0.39 is 0 Å². The molecule has 0 nitrogen and oxygen atoms in total. The van der Waals surface area contributed by atoms with Gasteiger partial charge < -0.3 is 0 Å². The first-order valence-corrected chi connectivity index (χ1v) is 10.5. The van der Waals surface area contributed by atoms with Gasteiger partial charge in [-0.25, -0.2) is 0 Å². The van der Waals surface area contributed by atoms with Gasteiger partial charge in [-0.05, 0) is 39.0 Å². The van der Waals surface area contributed by atoms with Gasteiger partial charge in [-0.15, -0.1) is 0 Å². The van der Waals surface area contributed by atoms with Gasteiger partial charge >= 0.3 is 0 Å². The number of hydrogen-bond acceptors (Lipinski definition) is 0. The molecular weight excluding hydrogens is 404 g/mol. The molecule has 4 rings (SSSR count). The molecule has 0 heterocycles. The largest absolute Gasteiger partial charge is 0.0876 e. The number of halogens is 1. The summed E-state index contributed by atoms with van der Waals surface area (Å²) in [6.07, 6.45) is 0. The fourth-order valence-corrected chi connectivity index (χ4v) is 3.86. The van der Waals surface area contributed by atoms with Crippen molar-refractivity contribution >= 4 is 27.1 Å². The SMILES string of the molecule is BrCc1ccc(C(=C(c2ccccc2)c2ccccc2)c2ccccc2)cc1. The summed E-state index contributed by atoms with van der Waals surface area (Å²) in [5, 5.41) is 0.863. The van der Waals surface area contributed by atoms with Crippen molar-refractivity contribution in [1.29, 1.82) is 0 Å². The predicted molar refractivity (Wildman–Crippen MR) is 123 cm³/mol. The normalized spacial score (nSPS) is 10.5. The summed E-state index contributed by atoms with van der Waals surface area (Å²) < 4.78 is 0. The molecule has 0 unspecified atom stereocenters. The minimum absolute atomic E-state index is 0.863. The van der Waals surface area contributed by atoms with E-state index >= 15 is 0 Å². The van der Waals surface area contributed by atoms with Crippen LogP contribution in [-0.4, -0.2) is 0 Å². The zero-order valence-corrected chi connectivity index (χ0v) is 17.1. The molecule has 0 atom stereocenters. The summed E-state index contributed by atoms with van der Waals surface area (Å²) in [7, 11) is 0. The molecule has 0 saturated heterocycles. The second-order valence-electron chi connectivity index (χ2n) is 6.68. The lowest BCUT2D eigenvalue weighted by atomic mass is 9.85. The lowest BCUT2D eigenvalue weighted by Crippen LogP contribution is -1.97. The topological polar surface area (TPSA) is 0 Å². The quantitative estimate of drug-likeness (QED) is 0.228. The maximum Gasteiger partial charge on any atom is 0.0283 e. The number of alkyl halides is 1. The maximum atomic E-state index is 3.55. The molecule has 0 aliphatic heterocycles. The van der Waals surface area contributed by atoms with Crippen LogP contribution in [0.15, 0.2) is 115 Å². The molecule has 0 N–H and O–H groups in total. The molecule has 0 aromatic heterocycles. The second kappa shape index (κ2) is 8.86. The first kappa shape index (κ1) is 18.5. The average molecular weight is 425 g/mol. The first-order chi connectivity index (χ1) is 13.9. The summed E-state index contributed by atoms with van der Waals surface area (Å²) in [6, 6.07) is 40.8. The molecule has 136 valence electrons. The number of benzene rings is 4. The Morgan fingerprint density at radius 2 is 0.750 bits per heavy atom. The van der Waals surface area contributed by atoms with E-state index in [9.17, 15) is 0 Å². The number of rotatable bonds is 5. The molecule has 4 aromatic rings. The van der Waals surface area contributed by atoms with Crippen molar-refractivity contribution in [3.05, 3.63) is 143 Å². The fourth-order valence-electron chi connectivity index (χ4n) is 3.49. The van der Waals surface area contributed by atoms with Crippen LogP contribution >= 0.6 is 15.9 Å². The van der Waals surface area contributed by atoms with Gasteiger partial charge in [0, 0.05) is 5.33 Å². The lowest BCUT2D eigenvalue weighted by Gasteiger charge is -2.18. The fraction of sp³-hybridized carbons (Fsp3) is 0.0370. The van der Waals surface area contributed by atoms with Crippen LogP contribution in [0, 0.1) is 0 Å². The van der Waals surface area contributed by atoms with Crippen molar-refractivity contribution < 1.29 is 0 Å². The van der Waals surface area contributed by atoms with Gasteiger partial charge in [0.05, 0.1) is 0 Å². The Kier molecular flexibility index (Phi) is 5.84. The maximum absolute atomic E-state index is 3.55. The minimum Gasteiger partial charge on any atom is -0.0876 e. The third-order valence-corrected chi connectivity index (χ3v) is 5.48. The molecule has 28 heavy (non-hydrogen) atoms. The average Bonchev–Trinajstić information content (AvgIpc) is 2.79. The summed E-state index contributed by atoms with van der Waals surface area (Å²) in [4.78, 5) is 0. The van der Waals surface area contributed by atoms with Crippen LogP contribution in [0.25, 0.3) is 11.1 Å². The molecule has 1 heteroatoms. The van der Waals surface area contributed by atoms with E-state index in [2.05, 4.69) is 131 Å². The molecule has 0 aliphatic carbocycles. The van der Waals surface area contributed by atoms with E-state index in [1.807, 2.05) is 0 Å². The van der Waals surface area contributed by atoms with Crippen LogP contribution in [-0.2, 0) is 5.33 Å². The molecular formula is C27H21Br. The zero-order valence-electron chi connectivity index (χ0n) is 15.6. The zero-order chi connectivity index (χ0) is 19.2. The van der Waals surface area contributed by atoms with Gasteiger partial charge in [0.2, 0.25) is 0 Å². The van der Waals surface area contributed by atoms with Gasteiger partial charge in [-0.2, -0.15) is 0 Å². The van der Waals surface area contributed by atoms with Crippen molar-refractivity contribution in [3.8, 4) is 0 Å². The van der Waals surface area contributed by atoms with Gasteiger partial charge in [0.25, 0.3) is 0 Å². The highest BCUT2D eigenvalue weighted by molar-refractivity contribution is 9.08. The van der Waals surface area contributed by atoms with Crippen molar-refractivity contribution in [2.24, 2.45) is 0 Å². The minimum atomic E-state index is 0.863. The Morgan fingerprint density at radius 1 is 0.429 bits per heavy atom. The van der Waals surface area contributed by atoms with E-state index in [0.717, 1.165) is 5.33 Å². The molecule has 0 spiro atoms. The van der Waals surface area contributed by atoms with E-state index in [-0.39, 0.29) is 0 Å². The van der Waals surface area contributed by atoms with Gasteiger partial charge in [-0.1, -0.05) is 131 Å². The third-order valence-electron chi connectivity index (χ3n) is 4.83. The summed E-state index contributed by atoms with van der Waals surface area (Å²) in [6.45, 7) is 0.